The van der Waals surface area contributed by atoms with E-state index in [0.29, 0.717) is 10.0 Å². The number of likely N-dealkylation sites (tertiary alicyclic amines) is 1. The van der Waals surface area contributed by atoms with Gasteiger partial charge in [0.1, 0.15) is 0 Å². The van der Waals surface area contributed by atoms with Gasteiger partial charge < -0.3 is 10.0 Å². The summed E-state index contributed by atoms with van der Waals surface area (Å²) in [5.74, 6) is -1.33. The molecule has 0 saturated carbocycles. The SMILES string of the molecule is O=C(O)C=C1C(=O)CN1C(c1ccc(Cl)cc1)c1ccc(Cl)cc1. The van der Waals surface area contributed by atoms with Crippen molar-refractivity contribution in [3.05, 3.63) is 81.5 Å². The average Bonchev–Trinajstić information content (AvgIpc) is 2.55. The Morgan fingerprint density at radius 3 is 1.83 bits per heavy atom. The van der Waals surface area contributed by atoms with Crippen LogP contribution < -0.4 is 0 Å². The number of rotatable bonds is 4. The highest BCUT2D eigenvalue weighted by Gasteiger charge is 2.37. The molecule has 2 aromatic carbocycles. The molecule has 4 nitrogen and oxygen atoms in total. The molecule has 3 rings (SSSR count). The van der Waals surface area contributed by atoms with E-state index in [4.69, 9.17) is 28.3 Å². The first kappa shape index (κ1) is 16.6. The number of nitrogens with zero attached hydrogens (tertiary/aromatic N) is 1. The highest BCUT2D eigenvalue weighted by atomic mass is 35.5. The van der Waals surface area contributed by atoms with Crippen molar-refractivity contribution in [3.63, 3.8) is 0 Å². The van der Waals surface area contributed by atoms with Crippen molar-refractivity contribution < 1.29 is 14.7 Å². The summed E-state index contributed by atoms with van der Waals surface area (Å²) < 4.78 is 0. The van der Waals surface area contributed by atoms with Gasteiger partial charge in [-0.25, -0.2) is 4.79 Å². The van der Waals surface area contributed by atoms with Gasteiger partial charge in [-0.1, -0.05) is 47.5 Å². The predicted molar refractivity (Wildman–Crippen MR) is 92.2 cm³/mol. The van der Waals surface area contributed by atoms with Crippen LogP contribution in [0.3, 0.4) is 0 Å². The molecule has 1 heterocycles. The van der Waals surface area contributed by atoms with Crippen molar-refractivity contribution in [2.24, 2.45) is 0 Å². The van der Waals surface area contributed by atoms with Gasteiger partial charge in [-0.3, -0.25) is 4.79 Å². The van der Waals surface area contributed by atoms with Crippen LogP contribution in [0.25, 0.3) is 0 Å². The lowest BCUT2D eigenvalue weighted by Gasteiger charge is -2.41. The fourth-order valence-electron chi connectivity index (χ4n) is 2.74. The van der Waals surface area contributed by atoms with Crippen LogP contribution in [0.15, 0.2) is 60.3 Å². The molecule has 0 unspecified atom stereocenters. The third-order valence-electron chi connectivity index (χ3n) is 3.85. The second kappa shape index (κ2) is 6.67. The molecule has 2 aromatic rings. The van der Waals surface area contributed by atoms with E-state index in [1.807, 2.05) is 24.3 Å². The summed E-state index contributed by atoms with van der Waals surface area (Å²) in [5, 5.41) is 10.2. The lowest BCUT2D eigenvalue weighted by Crippen LogP contribution is -2.47. The minimum absolute atomic E-state index is 0.162. The van der Waals surface area contributed by atoms with Gasteiger partial charge in [0.15, 0.2) is 5.78 Å². The summed E-state index contributed by atoms with van der Waals surface area (Å²) in [6, 6.07) is 14.2. The maximum Gasteiger partial charge on any atom is 0.330 e. The van der Waals surface area contributed by atoms with Crippen molar-refractivity contribution >= 4 is 35.0 Å². The van der Waals surface area contributed by atoms with Crippen LogP contribution in [0.4, 0.5) is 0 Å². The molecule has 0 atom stereocenters. The molecule has 0 radical (unpaired) electrons. The highest BCUT2D eigenvalue weighted by Crippen LogP contribution is 2.37. The zero-order valence-electron chi connectivity index (χ0n) is 12.4. The predicted octanol–water partition coefficient (Wildman–Crippen LogP) is 3.94. The first-order valence-corrected chi connectivity index (χ1v) is 7.96. The molecule has 0 amide bonds. The van der Waals surface area contributed by atoms with Crippen molar-refractivity contribution in [2.75, 3.05) is 6.54 Å². The van der Waals surface area contributed by atoms with Crippen LogP contribution in [-0.2, 0) is 9.59 Å². The molecule has 6 heteroatoms. The van der Waals surface area contributed by atoms with Crippen LogP contribution in [-0.4, -0.2) is 28.3 Å². The molecule has 0 bridgehead atoms. The average molecular weight is 362 g/mol. The van der Waals surface area contributed by atoms with Gasteiger partial charge in [-0.05, 0) is 35.4 Å². The quantitative estimate of drug-likeness (QED) is 0.838. The molecule has 0 aliphatic carbocycles. The highest BCUT2D eigenvalue weighted by molar-refractivity contribution is 6.30. The van der Waals surface area contributed by atoms with Crippen molar-refractivity contribution in [1.29, 1.82) is 0 Å². The van der Waals surface area contributed by atoms with Crippen molar-refractivity contribution in [2.45, 2.75) is 6.04 Å². The molecule has 0 aromatic heterocycles. The summed E-state index contributed by atoms with van der Waals surface area (Å²) in [5.41, 5.74) is 2.01. The number of Topliss-reactive ketones (excluding diaryl/α,β-unsaturated/α-hetero) is 1. The van der Waals surface area contributed by atoms with Crippen molar-refractivity contribution in [3.8, 4) is 0 Å². The second-order valence-corrected chi connectivity index (χ2v) is 6.30. The lowest BCUT2D eigenvalue weighted by atomic mass is 9.92. The molecule has 1 aliphatic heterocycles. The number of carbonyl (C=O) groups is 2. The summed E-state index contributed by atoms with van der Waals surface area (Å²) in [6.45, 7) is 0.162. The first-order valence-electron chi connectivity index (χ1n) is 7.21. The number of carboxylic acids is 1. The fraction of sp³-hybridized carbons (Fsp3) is 0.111. The van der Waals surface area contributed by atoms with E-state index < -0.39 is 5.97 Å². The molecule has 1 fully saturated rings. The van der Waals surface area contributed by atoms with E-state index in [9.17, 15) is 9.59 Å². The third-order valence-corrected chi connectivity index (χ3v) is 4.36. The van der Waals surface area contributed by atoms with Gasteiger partial charge in [-0.15, -0.1) is 0 Å². The maximum atomic E-state index is 11.8. The van der Waals surface area contributed by atoms with Gasteiger partial charge in [-0.2, -0.15) is 0 Å². The number of benzene rings is 2. The van der Waals surface area contributed by atoms with Crippen LogP contribution in [0, 0.1) is 0 Å². The van der Waals surface area contributed by atoms with Gasteiger partial charge in [0.2, 0.25) is 0 Å². The lowest BCUT2D eigenvalue weighted by molar-refractivity contribution is -0.133. The number of halogens is 2. The molecule has 1 N–H and O–H groups in total. The molecule has 1 aliphatic rings. The summed E-state index contributed by atoms with van der Waals surface area (Å²) in [6.07, 6.45) is 0.949. The van der Waals surface area contributed by atoms with E-state index in [1.54, 1.807) is 29.2 Å². The topological polar surface area (TPSA) is 57.6 Å². The Bertz CT molecular complexity index is 768. The zero-order chi connectivity index (χ0) is 17.3. The van der Waals surface area contributed by atoms with Crippen LogP contribution in [0.2, 0.25) is 10.0 Å². The Kier molecular flexibility index (Phi) is 4.60. The van der Waals surface area contributed by atoms with E-state index in [1.165, 1.54) is 0 Å². The van der Waals surface area contributed by atoms with Crippen LogP contribution in [0.1, 0.15) is 17.2 Å². The number of hydrogen-bond donors (Lipinski definition) is 1. The molecular formula is C18H13Cl2NO3. The summed E-state index contributed by atoms with van der Waals surface area (Å²) in [7, 11) is 0. The fourth-order valence-corrected chi connectivity index (χ4v) is 2.99. The van der Waals surface area contributed by atoms with Gasteiger partial charge >= 0.3 is 5.97 Å². The third kappa shape index (κ3) is 3.30. The Morgan fingerprint density at radius 1 is 1.00 bits per heavy atom. The van der Waals surface area contributed by atoms with Gasteiger partial charge in [0.05, 0.1) is 24.4 Å². The Hall–Kier alpha value is -2.30. The number of carbonyl (C=O) groups excluding carboxylic acids is 1. The van der Waals surface area contributed by atoms with E-state index in [2.05, 4.69) is 0 Å². The van der Waals surface area contributed by atoms with E-state index in [0.717, 1.165) is 17.2 Å². The minimum atomic E-state index is -1.14. The van der Waals surface area contributed by atoms with Crippen molar-refractivity contribution in [1.82, 2.24) is 4.90 Å². The molecular weight excluding hydrogens is 349 g/mol. The standard InChI is InChI=1S/C18H13Cl2NO3/c19-13-5-1-11(2-6-13)18(12-3-7-14(20)8-4-12)21-10-16(22)15(21)9-17(23)24/h1-9,18H,10H2,(H,23,24). The van der Waals surface area contributed by atoms with E-state index >= 15 is 0 Å². The number of ketones is 1. The number of hydrogen-bond acceptors (Lipinski definition) is 3. The zero-order valence-corrected chi connectivity index (χ0v) is 14.0. The molecule has 122 valence electrons. The Balaban J connectivity index is 2.05. The monoisotopic (exact) mass is 361 g/mol. The normalized spacial score (nSPS) is 15.7. The molecule has 1 saturated heterocycles. The van der Waals surface area contributed by atoms with Gasteiger partial charge in [0, 0.05) is 10.0 Å². The molecule has 24 heavy (non-hydrogen) atoms. The largest absolute Gasteiger partial charge is 0.478 e. The number of aliphatic carboxylic acids is 1. The Morgan fingerprint density at radius 2 is 1.46 bits per heavy atom. The summed E-state index contributed by atoms with van der Waals surface area (Å²) >= 11 is 11.9. The summed E-state index contributed by atoms with van der Waals surface area (Å²) in [4.78, 5) is 24.6. The second-order valence-electron chi connectivity index (χ2n) is 5.42. The smallest absolute Gasteiger partial charge is 0.330 e. The van der Waals surface area contributed by atoms with Crippen LogP contribution >= 0.6 is 23.2 Å². The van der Waals surface area contributed by atoms with Crippen LogP contribution in [0.5, 0.6) is 0 Å². The van der Waals surface area contributed by atoms with E-state index in [-0.39, 0.29) is 24.1 Å². The number of carboxylic acid groups (broad SMARTS) is 1. The maximum absolute atomic E-state index is 11.8. The molecule has 0 spiro atoms. The minimum Gasteiger partial charge on any atom is -0.478 e. The first-order chi connectivity index (χ1) is 11.5. The van der Waals surface area contributed by atoms with Gasteiger partial charge in [0.25, 0.3) is 0 Å². The Labute approximate surface area is 148 Å².